The first-order valence-electron chi connectivity index (χ1n) is 6.32. The fourth-order valence-electron chi connectivity index (χ4n) is 1.98. The molecule has 0 aliphatic heterocycles. The normalized spacial score (nSPS) is 10.5. The Morgan fingerprint density at radius 1 is 1.05 bits per heavy atom. The Balaban J connectivity index is 2.19. The highest BCUT2D eigenvalue weighted by Crippen LogP contribution is 2.27. The zero-order valence-corrected chi connectivity index (χ0v) is 12.2. The Bertz CT molecular complexity index is 537. The summed E-state index contributed by atoms with van der Waals surface area (Å²) in [6, 6.07) is 14.9. The summed E-state index contributed by atoms with van der Waals surface area (Å²) in [6.07, 6.45) is 0. The highest BCUT2D eigenvalue weighted by Gasteiger charge is 2.02. The van der Waals surface area contributed by atoms with Crippen LogP contribution in [0.4, 0.5) is 0 Å². The second-order valence-electron chi connectivity index (χ2n) is 4.35. The molecular formula is C16H19NOS. The van der Waals surface area contributed by atoms with Crippen LogP contribution in [0, 0.1) is 6.92 Å². The molecule has 0 saturated carbocycles. The molecule has 0 radical (unpaired) electrons. The Kier molecular flexibility index (Phi) is 4.88. The summed E-state index contributed by atoms with van der Waals surface area (Å²) in [5.41, 5.74) is 9.10. The summed E-state index contributed by atoms with van der Waals surface area (Å²) < 4.78 is 5.28. The van der Waals surface area contributed by atoms with E-state index in [1.165, 1.54) is 16.0 Å². The predicted molar refractivity (Wildman–Crippen MR) is 82.9 cm³/mol. The molecule has 0 fully saturated rings. The van der Waals surface area contributed by atoms with Crippen LogP contribution in [0.3, 0.4) is 0 Å². The van der Waals surface area contributed by atoms with Crippen molar-refractivity contribution in [3.05, 3.63) is 48.0 Å². The van der Waals surface area contributed by atoms with Crippen molar-refractivity contribution in [1.82, 2.24) is 0 Å². The van der Waals surface area contributed by atoms with Gasteiger partial charge in [0.05, 0.1) is 7.11 Å². The van der Waals surface area contributed by atoms with Gasteiger partial charge >= 0.3 is 0 Å². The second-order valence-corrected chi connectivity index (χ2v) is 5.51. The van der Waals surface area contributed by atoms with Crippen molar-refractivity contribution in [1.29, 1.82) is 0 Å². The quantitative estimate of drug-likeness (QED) is 0.843. The molecular weight excluding hydrogens is 254 g/mol. The third-order valence-corrected chi connectivity index (χ3v) is 4.01. The van der Waals surface area contributed by atoms with Gasteiger partial charge in [0.15, 0.2) is 0 Å². The minimum Gasteiger partial charge on any atom is -0.496 e. The first-order valence-corrected chi connectivity index (χ1v) is 7.31. The largest absolute Gasteiger partial charge is 0.496 e. The van der Waals surface area contributed by atoms with E-state index >= 15 is 0 Å². The lowest BCUT2D eigenvalue weighted by Gasteiger charge is -2.08. The van der Waals surface area contributed by atoms with Crippen LogP contribution in [0.15, 0.2) is 47.4 Å². The van der Waals surface area contributed by atoms with Gasteiger partial charge in [0.2, 0.25) is 0 Å². The highest BCUT2D eigenvalue weighted by molar-refractivity contribution is 7.99. The van der Waals surface area contributed by atoms with Gasteiger partial charge in [-0.3, -0.25) is 0 Å². The molecule has 0 aromatic heterocycles. The maximum Gasteiger partial charge on any atom is 0.121 e. The number of hydrogen-bond acceptors (Lipinski definition) is 3. The molecule has 100 valence electrons. The van der Waals surface area contributed by atoms with Crippen LogP contribution in [0.5, 0.6) is 5.75 Å². The molecule has 19 heavy (non-hydrogen) atoms. The summed E-state index contributed by atoms with van der Waals surface area (Å²) in [4.78, 5) is 1.26. The summed E-state index contributed by atoms with van der Waals surface area (Å²) in [5, 5.41) is 0. The Morgan fingerprint density at radius 3 is 2.32 bits per heavy atom. The van der Waals surface area contributed by atoms with Crippen LogP contribution in [0.1, 0.15) is 5.56 Å². The van der Waals surface area contributed by atoms with Gasteiger partial charge in [0, 0.05) is 17.2 Å². The third kappa shape index (κ3) is 3.52. The first-order chi connectivity index (χ1) is 9.24. The third-order valence-electron chi connectivity index (χ3n) is 2.97. The van der Waals surface area contributed by atoms with Crippen molar-refractivity contribution in [2.75, 3.05) is 19.4 Å². The molecule has 0 saturated heterocycles. The summed E-state index contributed by atoms with van der Waals surface area (Å²) in [7, 11) is 1.70. The molecule has 0 unspecified atom stereocenters. The Hall–Kier alpha value is -1.45. The molecule has 0 amide bonds. The van der Waals surface area contributed by atoms with Gasteiger partial charge in [-0.1, -0.05) is 18.2 Å². The monoisotopic (exact) mass is 273 g/mol. The van der Waals surface area contributed by atoms with Crippen LogP contribution in [-0.4, -0.2) is 19.4 Å². The van der Waals surface area contributed by atoms with E-state index in [9.17, 15) is 0 Å². The summed E-state index contributed by atoms with van der Waals surface area (Å²) in [5.74, 6) is 1.89. The average Bonchev–Trinajstić information content (AvgIpc) is 2.45. The van der Waals surface area contributed by atoms with Crippen molar-refractivity contribution in [2.45, 2.75) is 11.8 Å². The number of nitrogens with two attached hydrogens (primary N) is 1. The molecule has 0 bridgehead atoms. The zero-order valence-electron chi connectivity index (χ0n) is 11.3. The number of ether oxygens (including phenoxy) is 1. The minimum atomic E-state index is 0.712. The van der Waals surface area contributed by atoms with Gasteiger partial charge in [-0.15, -0.1) is 11.8 Å². The van der Waals surface area contributed by atoms with Crippen molar-refractivity contribution >= 4 is 11.8 Å². The molecule has 2 aromatic carbocycles. The van der Waals surface area contributed by atoms with Gasteiger partial charge in [0.25, 0.3) is 0 Å². The SMILES string of the molecule is COc1ccc(-c2ccc(SCCN)cc2)cc1C. The predicted octanol–water partition coefficient (Wildman–Crippen LogP) is 3.72. The van der Waals surface area contributed by atoms with E-state index in [4.69, 9.17) is 10.5 Å². The van der Waals surface area contributed by atoms with Crippen LogP contribution in [-0.2, 0) is 0 Å². The van der Waals surface area contributed by atoms with E-state index in [0.717, 1.165) is 17.1 Å². The van der Waals surface area contributed by atoms with Crippen LogP contribution in [0.25, 0.3) is 11.1 Å². The van der Waals surface area contributed by atoms with Crippen LogP contribution in [0.2, 0.25) is 0 Å². The van der Waals surface area contributed by atoms with E-state index in [1.807, 2.05) is 6.07 Å². The molecule has 2 rings (SSSR count). The Labute approximate surface area is 119 Å². The first kappa shape index (κ1) is 14.0. The number of thioether (sulfide) groups is 1. The fourth-order valence-corrected chi connectivity index (χ4v) is 2.66. The standard InChI is InChI=1S/C16H19NOS/c1-12-11-14(5-8-16(12)18-2)13-3-6-15(7-4-13)19-10-9-17/h3-8,11H,9-10,17H2,1-2H3. The van der Waals surface area contributed by atoms with Crippen molar-refractivity contribution in [2.24, 2.45) is 5.73 Å². The molecule has 0 spiro atoms. The van der Waals surface area contributed by atoms with Crippen molar-refractivity contribution in [3.63, 3.8) is 0 Å². The van der Waals surface area contributed by atoms with Crippen LogP contribution < -0.4 is 10.5 Å². The topological polar surface area (TPSA) is 35.2 Å². The molecule has 0 aliphatic rings. The number of rotatable bonds is 5. The summed E-state index contributed by atoms with van der Waals surface area (Å²) in [6.45, 7) is 2.78. The van der Waals surface area contributed by atoms with Gasteiger partial charge < -0.3 is 10.5 Å². The lowest BCUT2D eigenvalue weighted by atomic mass is 10.0. The lowest BCUT2D eigenvalue weighted by Crippen LogP contribution is -2.00. The number of aryl methyl sites for hydroxylation is 1. The van der Waals surface area contributed by atoms with E-state index in [2.05, 4.69) is 43.3 Å². The molecule has 0 aliphatic carbocycles. The van der Waals surface area contributed by atoms with E-state index in [0.29, 0.717) is 6.54 Å². The number of benzene rings is 2. The smallest absolute Gasteiger partial charge is 0.121 e. The molecule has 2 nitrogen and oxygen atoms in total. The molecule has 2 N–H and O–H groups in total. The van der Waals surface area contributed by atoms with Gasteiger partial charge in [-0.2, -0.15) is 0 Å². The highest BCUT2D eigenvalue weighted by atomic mass is 32.2. The maximum absolute atomic E-state index is 5.51. The molecule has 3 heteroatoms. The number of methoxy groups -OCH3 is 1. The van der Waals surface area contributed by atoms with Gasteiger partial charge in [0.1, 0.15) is 5.75 Å². The van der Waals surface area contributed by atoms with Crippen LogP contribution >= 0.6 is 11.8 Å². The fraction of sp³-hybridized carbons (Fsp3) is 0.250. The molecule has 2 aromatic rings. The van der Waals surface area contributed by atoms with E-state index in [-0.39, 0.29) is 0 Å². The number of hydrogen-bond donors (Lipinski definition) is 1. The molecule has 0 atom stereocenters. The maximum atomic E-state index is 5.51. The zero-order chi connectivity index (χ0) is 13.7. The molecule has 0 heterocycles. The van der Waals surface area contributed by atoms with Gasteiger partial charge in [-0.05, 0) is 47.9 Å². The second kappa shape index (κ2) is 6.64. The summed E-state index contributed by atoms with van der Waals surface area (Å²) >= 11 is 1.79. The lowest BCUT2D eigenvalue weighted by molar-refractivity contribution is 0.412. The van der Waals surface area contributed by atoms with Crippen molar-refractivity contribution in [3.8, 4) is 16.9 Å². The van der Waals surface area contributed by atoms with Crippen molar-refractivity contribution < 1.29 is 4.74 Å². The minimum absolute atomic E-state index is 0.712. The van der Waals surface area contributed by atoms with E-state index in [1.54, 1.807) is 18.9 Å². The van der Waals surface area contributed by atoms with E-state index < -0.39 is 0 Å². The van der Waals surface area contributed by atoms with Gasteiger partial charge in [-0.25, -0.2) is 0 Å². The Morgan fingerprint density at radius 2 is 1.74 bits per heavy atom. The average molecular weight is 273 g/mol.